The van der Waals surface area contributed by atoms with Crippen LogP contribution in [0, 0.1) is 13.8 Å². The Morgan fingerprint density at radius 2 is 1.94 bits per heavy atom. The lowest BCUT2D eigenvalue weighted by Crippen LogP contribution is -2.18. The summed E-state index contributed by atoms with van der Waals surface area (Å²) in [5.41, 5.74) is 7.48. The summed E-state index contributed by atoms with van der Waals surface area (Å²) in [6.45, 7) is 7.07. The maximum atomic E-state index is 12.5. The standard InChI is InChI=1S/C25H28N6O/c1-4-5-8-13-31-18(3)22(17(2)30-31)16-26-29-25(32)24-15-23(27-28-24)21-12-11-19-9-6-7-10-20(19)14-21/h6-7,9-12,14-16H,4-5,8,13H2,1-3H3,(H,27,28)(H,29,32)/b26-16+. The molecule has 0 unspecified atom stereocenters. The van der Waals surface area contributed by atoms with E-state index in [1.54, 1.807) is 12.3 Å². The van der Waals surface area contributed by atoms with Crippen LogP contribution < -0.4 is 5.43 Å². The quantitative estimate of drug-likeness (QED) is 0.235. The second kappa shape index (κ2) is 9.60. The number of hydrogen-bond donors (Lipinski definition) is 2. The summed E-state index contributed by atoms with van der Waals surface area (Å²) in [7, 11) is 0. The highest BCUT2D eigenvalue weighted by atomic mass is 16.2. The number of aromatic amines is 1. The summed E-state index contributed by atoms with van der Waals surface area (Å²) in [6.07, 6.45) is 5.12. The molecule has 1 amide bonds. The first kappa shape index (κ1) is 21.5. The zero-order valence-corrected chi connectivity index (χ0v) is 18.7. The molecule has 0 spiro atoms. The highest BCUT2D eigenvalue weighted by molar-refractivity contribution is 5.95. The van der Waals surface area contributed by atoms with E-state index in [1.165, 1.54) is 18.2 Å². The van der Waals surface area contributed by atoms with Gasteiger partial charge in [0.25, 0.3) is 5.91 Å². The Labute approximate surface area is 187 Å². The van der Waals surface area contributed by atoms with Gasteiger partial charge < -0.3 is 0 Å². The molecule has 2 N–H and O–H groups in total. The third-order valence-corrected chi connectivity index (χ3v) is 5.64. The third kappa shape index (κ3) is 4.61. The van der Waals surface area contributed by atoms with E-state index in [4.69, 9.17) is 0 Å². The molecule has 32 heavy (non-hydrogen) atoms. The minimum absolute atomic E-state index is 0.341. The highest BCUT2D eigenvalue weighted by Gasteiger charge is 2.12. The molecule has 7 nitrogen and oxygen atoms in total. The van der Waals surface area contributed by atoms with Crippen molar-refractivity contribution >= 4 is 22.9 Å². The predicted octanol–water partition coefficient (Wildman–Crippen LogP) is 5.00. The van der Waals surface area contributed by atoms with Gasteiger partial charge in [0, 0.05) is 23.4 Å². The first-order valence-electron chi connectivity index (χ1n) is 11.0. The van der Waals surface area contributed by atoms with Crippen LogP contribution in [0.3, 0.4) is 0 Å². The van der Waals surface area contributed by atoms with E-state index in [9.17, 15) is 4.79 Å². The topological polar surface area (TPSA) is 88.0 Å². The summed E-state index contributed by atoms with van der Waals surface area (Å²) in [5.74, 6) is -0.341. The Morgan fingerprint density at radius 1 is 1.12 bits per heavy atom. The SMILES string of the molecule is CCCCCn1nc(C)c(/C=N/NC(=O)c2cc(-c3ccc4ccccc4c3)n[nH]2)c1C. The third-order valence-electron chi connectivity index (χ3n) is 5.64. The van der Waals surface area contributed by atoms with Crippen LogP contribution in [0.25, 0.3) is 22.0 Å². The van der Waals surface area contributed by atoms with Crippen LogP contribution in [0.2, 0.25) is 0 Å². The number of fused-ring (bicyclic) bond motifs is 1. The molecule has 0 fully saturated rings. The smallest absolute Gasteiger partial charge is 0.272 e. The molecule has 7 heteroatoms. The zero-order chi connectivity index (χ0) is 22.5. The Bertz CT molecular complexity index is 1270. The first-order valence-corrected chi connectivity index (χ1v) is 11.0. The maximum absolute atomic E-state index is 12.5. The van der Waals surface area contributed by atoms with Crippen molar-refractivity contribution in [3.8, 4) is 11.3 Å². The second-order valence-corrected chi connectivity index (χ2v) is 7.94. The fraction of sp³-hybridized carbons (Fsp3) is 0.280. The van der Waals surface area contributed by atoms with Crippen molar-refractivity contribution in [2.75, 3.05) is 0 Å². The number of nitrogens with one attached hydrogen (secondary N) is 2. The zero-order valence-electron chi connectivity index (χ0n) is 18.7. The number of hydrogen-bond acceptors (Lipinski definition) is 4. The number of aromatic nitrogens is 4. The Balaban J connectivity index is 1.43. The van der Waals surface area contributed by atoms with E-state index in [-0.39, 0.29) is 5.91 Å². The van der Waals surface area contributed by atoms with Crippen LogP contribution in [0.5, 0.6) is 0 Å². The number of nitrogens with zero attached hydrogens (tertiary/aromatic N) is 4. The van der Waals surface area contributed by atoms with E-state index in [1.807, 2.05) is 36.7 Å². The van der Waals surface area contributed by atoms with Gasteiger partial charge in [-0.3, -0.25) is 14.6 Å². The van der Waals surface area contributed by atoms with Gasteiger partial charge >= 0.3 is 0 Å². The lowest BCUT2D eigenvalue weighted by atomic mass is 10.1. The lowest BCUT2D eigenvalue weighted by Gasteiger charge is -2.03. The molecule has 0 aliphatic carbocycles. The maximum Gasteiger partial charge on any atom is 0.289 e. The largest absolute Gasteiger partial charge is 0.289 e. The van der Waals surface area contributed by atoms with E-state index in [0.29, 0.717) is 11.4 Å². The van der Waals surface area contributed by atoms with Crippen molar-refractivity contribution in [3.05, 3.63) is 71.2 Å². The number of rotatable bonds is 8. The van der Waals surface area contributed by atoms with Gasteiger partial charge in [-0.15, -0.1) is 0 Å². The second-order valence-electron chi connectivity index (χ2n) is 7.94. The lowest BCUT2D eigenvalue weighted by molar-refractivity contribution is 0.0950. The molecule has 0 saturated carbocycles. The molecular formula is C25H28N6O. The molecule has 0 saturated heterocycles. The molecule has 2 aromatic heterocycles. The van der Waals surface area contributed by atoms with Gasteiger partial charge in [-0.2, -0.15) is 15.3 Å². The first-order chi connectivity index (χ1) is 15.6. The van der Waals surface area contributed by atoms with E-state index in [2.05, 4.69) is 57.0 Å². The number of carbonyl (C=O) groups is 1. The van der Waals surface area contributed by atoms with Crippen molar-refractivity contribution in [1.29, 1.82) is 0 Å². The van der Waals surface area contributed by atoms with Crippen LogP contribution in [0.15, 0.2) is 53.6 Å². The van der Waals surface area contributed by atoms with Gasteiger partial charge in [-0.1, -0.05) is 56.2 Å². The van der Waals surface area contributed by atoms with E-state index >= 15 is 0 Å². The van der Waals surface area contributed by atoms with Gasteiger partial charge in [0.1, 0.15) is 5.69 Å². The van der Waals surface area contributed by atoms with E-state index < -0.39 is 0 Å². The molecule has 0 aliphatic heterocycles. The average Bonchev–Trinajstić information content (AvgIpc) is 3.40. The van der Waals surface area contributed by atoms with Gasteiger partial charge in [0.05, 0.1) is 17.6 Å². The van der Waals surface area contributed by atoms with Crippen molar-refractivity contribution < 1.29 is 4.79 Å². The molecule has 2 aromatic carbocycles. The minimum atomic E-state index is -0.341. The molecule has 2 heterocycles. The van der Waals surface area contributed by atoms with Crippen molar-refractivity contribution in [3.63, 3.8) is 0 Å². The molecule has 0 bridgehead atoms. The number of H-pyrrole nitrogens is 1. The summed E-state index contributed by atoms with van der Waals surface area (Å²) in [6, 6.07) is 16.0. The number of benzene rings is 2. The minimum Gasteiger partial charge on any atom is -0.272 e. The molecule has 0 atom stereocenters. The number of hydrazone groups is 1. The van der Waals surface area contributed by atoms with Gasteiger partial charge in [-0.25, -0.2) is 5.43 Å². The summed E-state index contributed by atoms with van der Waals surface area (Å²) in [5, 5.41) is 18.1. The van der Waals surface area contributed by atoms with Crippen molar-refractivity contribution in [2.24, 2.45) is 5.10 Å². The van der Waals surface area contributed by atoms with Crippen molar-refractivity contribution in [2.45, 2.75) is 46.6 Å². The molecular weight excluding hydrogens is 400 g/mol. The Morgan fingerprint density at radius 3 is 2.75 bits per heavy atom. The van der Waals surface area contributed by atoms with Gasteiger partial charge in [0.15, 0.2) is 0 Å². The molecule has 4 aromatic rings. The Kier molecular flexibility index (Phi) is 6.44. The molecule has 164 valence electrons. The fourth-order valence-corrected chi connectivity index (χ4v) is 3.78. The summed E-state index contributed by atoms with van der Waals surface area (Å²) in [4.78, 5) is 12.5. The normalized spacial score (nSPS) is 11.5. The monoisotopic (exact) mass is 428 g/mol. The number of aryl methyl sites for hydroxylation is 2. The Hall–Kier alpha value is -3.74. The van der Waals surface area contributed by atoms with Crippen LogP contribution in [-0.2, 0) is 6.54 Å². The van der Waals surface area contributed by atoms with Crippen LogP contribution in [0.4, 0.5) is 0 Å². The average molecular weight is 429 g/mol. The summed E-state index contributed by atoms with van der Waals surface area (Å²) < 4.78 is 2.01. The fourth-order valence-electron chi connectivity index (χ4n) is 3.78. The predicted molar refractivity (Wildman–Crippen MR) is 128 cm³/mol. The number of unbranched alkanes of at least 4 members (excludes halogenated alkanes) is 2. The number of amides is 1. The van der Waals surface area contributed by atoms with Gasteiger partial charge in [0.2, 0.25) is 0 Å². The van der Waals surface area contributed by atoms with Crippen LogP contribution in [0.1, 0.15) is 53.6 Å². The number of carbonyl (C=O) groups excluding carboxylic acids is 1. The van der Waals surface area contributed by atoms with Crippen LogP contribution >= 0.6 is 0 Å². The molecule has 4 rings (SSSR count). The van der Waals surface area contributed by atoms with E-state index in [0.717, 1.165) is 40.9 Å². The van der Waals surface area contributed by atoms with Crippen LogP contribution in [-0.4, -0.2) is 32.1 Å². The summed E-state index contributed by atoms with van der Waals surface area (Å²) >= 11 is 0. The molecule has 0 aliphatic rings. The molecule has 0 radical (unpaired) electrons. The van der Waals surface area contributed by atoms with Crippen molar-refractivity contribution in [1.82, 2.24) is 25.4 Å². The highest BCUT2D eigenvalue weighted by Crippen LogP contribution is 2.23. The van der Waals surface area contributed by atoms with Gasteiger partial charge in [-0.05, 0) is 43.2 Å².